The van der Waals surface area contributed by atoms with E-state index in [1.54, 1.807) is 97.1 Å². The molecule has 0 saturated carbocycles. The molecule has 0 radical (unpaired) electrons. The Kier molecular flexibility index (Phi) is 9.82. The minimum absolute atomic E-state index is 0.152. The molecule has 0 fully saturated rings. The Bertz CT molecular complexity index is 1990. The molecule has 0 aliphatic carbocycles. The Morgan fingerprint density at radius 2 is 0.740 bits per heavy atom. The molecule has 6 aromatic carbocycles. The highest BCUT2D eigenvalue weighted by atomic mass is 16.2. The first-order chi connectivity index (χ1) is 24.4. The zero-order valence-electron chi connectivity index (χ0n) is 28.1. The summed E-state index contributed by atoms with van der Waals surface area (Å²) < 4.78 is 0. The summed E-state index contributed by atoms with van der Waals surface area (Å²) in [5.41, 5.74) is -0.407. The number of anilines is 2. The third kappa shape index (κ3) is 6.01. The van der Waals surface area contributed by atoms with E-state index in [0.29, 0.717) is 44.4 Å². The molecule has 6 aromatic rings. The van der Waals surface area contributed by atoms with E-state index in [0.717, 1.165) is 0 Å². The van der Waals surface area contributed by atoms with Crippen molar-refractivity contribution >= 4 is 45.5 Å². The van der Waals surface area contributed by atoms with Crippen LogP contribution in [-0.4, -0.2) is 23.4 Å². The summed E-state index contributed by atoms with van der Waals surface area (Å²) in [6.45, 7) is 3.66. The predicted molar refractivity (Wildman–Crippen MR) is 200 cm³/mol. The van der Waals surface area contributed by atoms with Gasteiger partial charge in [0, 0.05) is 22.5 Å². The van der Waals surface area contributed by atoms with Crippen molar-refractivity contribution in [3.63, 3.8) is 0 Å². The molecule has 0 bridgehead atoms. The molecule has 0 saturated heterocycles. The third-order valence-electron chi connectivity index (χ3n) is 9.59. The maximum absolute atomic E-state index is 14.7. The van der Waals surface area contributed by atoms with Crippen molar-refractivity contribution in [1.82, 2.24) is 0 Å². The monoisotopic (exact) mass is 658 g/mol. The van der Waals surface area contributed by atoms with E-state index in [1.807, 2.05) is 74.5 Å². The van der Waals surface area contributed by atoms with Crippen LogP contribution in [0, 0.1) is 0 Å². The van der Waals surface area contributed by atoms with Crippen LogP contribution in [0.2, 0.25) is 0 Å². The summed E-state index contributed by atoms with van der Waals surface area (Å²) in [6.07, 6.45) is 0.304. The molecule has 248 valence electrons. The SMILES string of the molecule is CCC(C(=O)Nc1ccccc1)(C(=O)c1ccccc1)c1cccc2c(C(CC)(C(=O)Nc3ccccc3)C(=O)c3ccccc3)cccc12. The van der Waals surface area contributed by atoms with Crippen LogP contribution in [-0.2, 0) is 20.4 Å². The average Bonchev–Trinajstić information content (AvgIpc) is 3.17. The van der Waals surface area contributed by atoms with Gasteiger partial charge in [0.2, 0.25) is 11.8 Å². The van der Waals surface area contributed by atoms with Gasteiger partial charge < -0.3 is 10.6 Å². The quantitative estimate of drug-likeness (QED) is 0.101. The fourth-order valence-electron chi connectivity index (χ4n) is 6.96. The number of benzene rings is 6. The number of amides is 2. The van der Waals surface area contributed by atoms with E-state index in [4.69, 9.17) is 0 Å². The van der Waals surface area contributed by atoms with E-state index < -0.39 is 22.6 Å². The molecule has 6 nitrogen and oxygen atoms in total. The standard InChI is InChI=1S/C44H38N2O4/c1-3-43(39(47)31-19-9-5-10-20-31,41(49)45-33-23-13-7-14-24-33)37-29-17-28-36-35(37)27-18-30-38(36)44(4-2,40(48)32-21-11-6-12-22-32)42(50)46-34-25-15-8-16-26-34/h5-30H,3-4H2,1-2H3,(H,45,49)(H,46,50). The number of fused-ring (bicyclic) bond motifs is 1. The van der Waals surface area contributed by atoms with E-state index in [2.05, 4.69) is 10.6 Å². The van der Waals surface area contributed by atoms with Gasteiger partial charge in [0.1, 0.15) is 10.8 Å². The van der Waals surface area contributed by atoms with Crippen molar-refractivity contribution in [2.24, 2.45) is 0 Å². The van der Waals surface area contributed by atoms with Crippen molar-refractivity contribution < 1.29 is 19.2 Å². The average molecular weight is 659 g/mol. The van der Waals surface area contributed by atoms with E-state index >= 15 is 0 Å². The van der Waals surface area contributed by atoms with E-state index in [9.17, 15) is 19.2 Å². The van der Waals surface area contributed by atoms with Crippen LogP contribution in [0.1, 0.15) is 58.5 Å². The minimum Gasteiger partial charge on any atom is -0.325 e. The second-order valence-corrected chi connectivity index (χ2v) is 12.3. The van der Waals surface area contributed by atoms with Crippen LogP contribution >= 0.6 is 0 Å². The third-order valence-corrected chi connectivity index (χ3v) is 9.59. The molecule has 2 unspecified atom stereocenters. The van der Waals surface area contributed by atoms with Crippen LogP contribution < -0.4 is 10.6 Å². The first-order valence-electron chi connectivity index (χ1n) is 16.8. The highest BCUT2D eigenvalue weighted by Crippen LogP contribution is 2.43. The Morgan fingerprint density at radius 1 is 0.420 bits per heavy atom. The van der Waals surface area contributed by atoms with Gasteiger partial charge >= 0.3 is 0 Å². The van der Waals surface area contributed by atoms with Crippen molar-refractivity contribution in [1.29, 1.82) is 0 Å². The Morgan fingerprint density at radius 3 is 1.06 bits per heavy atom. The summed E-state index contributed by atoms with van der Waals surface area (Å²) in [5, 5.41) is 7.23. The van der Waals surface area contributed by atoms with Crippen molar-refractivity contribution in [2.75, 3.05) is 10.6 Å². The minimum atomic E-state index is -1.65. The summed E-state index contributed by atoms with van der Waals surface area (Å²) in [5.74, 6) is -1.64. The molecular weight excluding hydrogens is 620 g/mol. The summed E-state index contributed by atoms with van der Waals surface area (Å²) in [7, 11) is 0. The predicted octanol–water partition coefficient (Wildman–Crippen LogP) is 9.18. The molecule has 2 N–H and O–H groups in total. The van der Waals surface area contributed by atoms with Crippen LogP contribution in [0.15, 0.2) is 158 Å². The van der Waals surface area contributed by atoms with Gasteiger partial charge in [-0.3, -0.25) is 19.2 Å². The van der Waals surface area contributed by atoms with Crippen LogP contribution in [0.3, 0.4) is 0 Å². The molecule has 0 spiro atoms. The van der Waals surface area contributed by atoms with Crippen LogP contribution in [0.5, 0.6) is 0 Å². The number of rotatable bonds is 12. The molecule has 6 rings (SSSR count). The normalized spacial score (nSPS) is 13.4. The summed E-state index contributed by atoms with van der Waals surface area (Å²) in [4.78, 5) is 58.7. The van der Waals surface area contributed by atoms with Gasteiger partial charge in [-0.25, -0.2) is 0 Å². The maximum Gasteiger partial charge on any atom is 0.242 e. The number of hydrogen-bond acceptors (Lipinski definition) is 4. The number of para-hydroxylation sites is 2. The fraction of sp³-hybridized carbons (Fsp3) is 0.136. The Labute approximate surface area is 292 Å². The number of carbonyl (C=O) groups excluding carboxylic acids is 4. The maximum atomic E-state index is 14.7. The van der Waals surface area contributed by atoms with Crippen molar-refractivity contribution in [3.05, 3.63) is 180 Å². The molecule has 0 aliphatic heterocycles. The first kappa shape index (κ1) is 33.7. The van der Waals surface area contributed by atoms with Crippen molar-refractivity contribution in [3.8, 4) is 0 Å². The van der Waals surface area contributed by atoms with Gasteiger partial charge in [0.05, 0.1) is 0 Å². The van der Waals surface area contributed by atoms with Gasteiger partial charge in [0.15, 0.2) is 11.6 Å². The van der Waals surface area contributed by atoms with Gasteiger partial charge in [-0.1, -0.05) is 147 Å². The van der Waals surface area contributed by atoms with Crippen LogP contribution in [0.4, 0.5) is 11.4 Å². The van der Waals surface area contributed by atoms with Gasteiger partial charge in [-0.2, -0.15) is 0 Å². The molecule has 0 aromatic heterocycles. The number of nitrogens with one attached hydrogen (secondary N) is 2. The van der Waals surface area contributed by atoms with E-state index in [-0.39, 0.29) is 24.4 Å². The molecule has 2 amide bonds. The fourth-order valence-corrected chi connectivity index (χ4v) is 6.96. The molecule has 2 atom stereocenters. The lowest BCUT2D eigenvalue weighted by Crippen LogP contribution is -2.48. The van der Waals surface area contributed by atoms with Crippen LogP contribution in [0.25, 0.3) is 10.8 Å². The molecule has 0 aliphatic rings. The summed E-state index contributed by atoms with van der Waals surface area (Å²) >= 11 is 0. The lowest BCUT2D eigenvalue weighted by atomic mass is 9.67. The number of hydrogen-bond donors (Lipinski definition) is 2. The second kappa shape index (κ2) is 14.5. The molecular formula is C44H38N2O4. The second-order valence-electron chi connectivity index (χ2n) is 12.3. The van der Waals surface area contributed by atoms with Crippen molar-refractivity contribution in [2.45, 2.75) is 37.5 Å². The zero-order chi connectivity index (χ0) is 35.1. The largest absolute Gasteiger partial charge is 0.325 e. The van der Waals surface area contributed by atoms with E-state index in [1.165, 1.54) is 0 Å². The number of carbonyl (C=O) groups is 4. The summed E-state index contributed by atoms with van der Waals surface area (Å²) in [6, 6.07) is 46.7. The van der Waals surface area contributed by atoms with Gasteiger partial charge in [-0.05, 0) is 59.0 Å². The smallest absolute Gasteiger partial charge is 0.242 e. The Hall–Kier alpha value is -6.14. The lowest BCUT2D eigenvalue weighted by molar-refractivity contribution is -0.121. The number of ketones is 2. The zero-order valence-corrected chi connectivity index (χ0v) is 28.1. The number of Topliss-reactive ketones (excluding diaryl/α,β-unsaturated/α-hetero) is 2. The topological polar surface area (TPSA) is 92.3 Å². The Balaban J connectivity index is 1.61. The highest BCUT2D eigenvalue weighted by Gasteiger charge is 2.50. The highest BCUT2D eigenvalue weighted by molar-refractivity contribution is 6.25. The molecule has 6 heteroatoms. The first-order valence-corrected chi connectivity index (χ1v) is 16.8. The molecule has 50 heavy (non-hydrogen) atoms. The molecule has 0 heterocycles. The lowest BCUT2D eigenvalue weighted by Gasteiger charge is -2.34. The van der Waals surface area contributed by atoms with Gasteiger partial charge in [-0.15, -0.1) is 0 Å². The van der Waals surface area contributed by atoms with Gasteiger partial charge in [0.25, 0.3) is 0 Å².